The van der Waals surface area contributed by atoms with Gasteiger partial charge in [-0.25, -0.2) is 0 Å². The smallest absolute Gasteiger partial charge is 0.233 e. The van der Waals surface area contributed by atoms with Crippen molar-refractivity contribution in [3.8, 4) is 16.5 Å². The first kappa shape index (κ1) is 18.8. The number of likely N-dealkylation sites (tertiary alicyclic amines) is 1. The van der Waals surface area contributed by atoms with Crippen LogP contribution in [0.15, 0.2) is 46.3 Å². The first-order valence-corrected chi connectivity index (χ1v) is 10.6. The molecule has 2 aliphatic rings. The van der Waals surface area contributed by atoms with Gasteiger partial charge in [0.25, 0.3) is 0 Å². The van der Waals surface area contributed by atoms with Gasteiger partial charge in [0.1, 0.15) is 5.75 Å². The standard InChI is InChI=1S/C21H20N4O4S/c1-28-16-5-2-4-15(9-16)25-12-13(8-18(25)26)21(27)24-10-14(11-24)20-22-19(23-29-20)17-6-3-7-30-17/h2-7,9,13-14H,8,10-12H2,1H3. The summed E-state index contributed by atoms with van der Waals surface area (Å²) in [6.07, 6.45) is 0.223. The van der Waals surface area contributed by atoms with Crippen molar-refractivity contribution in [1.82, 2.24) is 15.0 Å². The molecule has 2 aromatic heterocycles. The molecule has 2 fully saturated rings. The van der Waals surface area contributed by atoms with E-state index in [-0.39, 0.29) is 30.1 Å². The van der Waals surface area contributed by atoms with E-state index in [1.165, 1.54) is 0 Å². The minimum atomic E-state index is -0.339. The van der Waals surface area contributed by atoms with Gasteiger partial charge < -0.3 is 19.1 Å². The van der Waals surface area contributed by atoms with Crippen LogP contribution in [-0.2, 0) is 9.59 Å². The summed E-state index contributed by atoms with van der Waals surface area (Å²) in [6.45, 7) is 1.46. The number of aromatic nitrogens is 2. The Kier molecular flexibility index (Phi) is 4.74. The van der Waals surface area contributed by atoms with Gasteiger partial charge in [0, 0.05) is 37.8 Å². The molecule has 2 aliphatic heterocycles. The third-order valence-corrected chi connectivity index (χ3v) is 6.43. The third-order valence-electron chi connectivity index (χ3n) is 5.57. The number of carbonyl (C=O) groups excluding carboxylic acids is 2. The maximum atomic E-state index is 12.9. The molecule has 30 heavy (non-hydrogen) atoms. The number of benzene rings is 1. The van der Waals surface area contributed by atoms with E-state index in [0.717, 1.165) is 10.6 Å². The Hall–Kier alpha value is -3.20. The lowest BCUT2D eigenvalue weighted by Crippen LogP contribution is -2.51. The average molecular weight is 424 g/mol. The second-order valence-corrected chi connectivity index (χ2v) is 8.43. The Morgan fingerprint density at radius 3 is 2.87 bits per heavy atom. The molecule has 0 N–H and O–H groups in total. The molecule has 4 heterocycles. The van der Waals surface area contributed by atoms with Crippen molar-refractivity contribution >= 4 is 28.8 Å². The fraction of sp³-hybridized carbons (Fsp3) is 0.333. The summed E-state index contributed by atoms with van der Waals surface area (Å²) in [7, 11) is 1.59. The molecule has 8 nitrogen and oxygen atoms in total. The van der Waals surface area contributed by atoms with Gasteiger partial charge in [-0.15, -0.1) is 11.3 Å². The summed E-state index contributed by atoms with van der Waals surface area (Å²) in [5.74, 6) is 1.49. The molecular formula is C21H20N4O4S. The predicted molar refractivity (Wildman–Crippen MR) is 110 cm³/mol. The summed E-state index contributed by atoms with van der Waals surface area (Å²) in [4.78, 5) is 34.3. The highest BCUT2D eigenvalue weighted by Crippen LogP contribution is 2.33. The summed E-state index contributed by atoms with van der Waals surface area (Å²) >= 11 is 1.56. The van der Waals surface area contributed by atoms with Crippen molar-refractivity contribution in [2.24, 2.45) is 5.92 Å². The molecule has 1 aromatic carbocycles. The molecule has 1 atom stereocenters. The zero-order valence-corrected chi connectivity index (χ0v) is 17.2. The van der Waals surface area contributed by atoms with Crippen molar-refractivity contribution in [3.63, 3.8) is 0 Å². The summed E-state index contributed by atoms with van der Waals surface area (Å²) in [6, 6.07) is 11.2. The maximum Gasteiger partial charge on any atom is 0.233 e. The molecule has 5 rings (SSSR count). The molecule has 2 saturated heterocycles. The van der Waals surface area contributed by atoms with E-state index in [1.807, 2.05) is 41.8 Å². The Balaban J connectivity index is 1.20. The van der Waals surface area contributed by atoms with E-state index in [9.17, 15) is 9.59 Å². The molecule has 2 amide bonds. The monoisotopic (exact) mass is 424 g/mol. The van der Waals surface area contributed by atoms with Crippen molar-refractivity contribution in [3.05, 3.63) is 47.7 Å². The fourth-order valence-electron chi connectivity index (χ4n) is 3.88. The minimum absolute atomic E-state index is 0.00277. The molecular weight excluding hydrogens is 404 g/mol. The SMILES string of the molecule is COc1cccc(N2CC(C(=O)N3CC(c4nc(-c5cccs5)no4)C3)CC2=O)c1. The molecule has 0 radical (unpaired) electrons. The first-order chi connectivity index (χ1) is 14.6. The van der Waals surface area contributed by atoms with Gasteiger partial charge in [0.05, 0.1) is 23.8 Å². The molecule has 3 aromatic rings. The lowest BCUT2D eigenvalue weighted by Gasteiger charge is -2.38. The maximum absolute atomic E-state index is 12.9. The fourth-order valence-corrected chi connectivity index (χ4v) is 4.53. The van der Waals surface area contributed by atoms with Gasteiger partial charge in [-0.05, 0) is 23.6 Å². The molecule has 1 unspecified atom stereocenters. The first-order valence-electron chi connectivity index (χ1n) is 9.73. The number of thiophene rings is 1. The third kappa shape index (κ3) is 3.35. The molecule has 9 heteroatoms. The van der Waals surface area contributed by atoms with Crippen molar-refractivity contribution in [2.45, 2.75) is 12.3 Å². The normalized spacial score (nSPS) is 19.2. The highest BCUT2D eigenvalue weighted by molar-refractivity contribution is 7.13. The van der Waals surface area contributed by atoms with Crippen LogP contribution >= 0.6 is 11.3 Å². The number of hydrogen-bond donors (Lipinski definition) is 0. The van der Waals surface area contributed by atoms with Gasteiger partial charge in [-0.2, -0.15) is 4.98 Å². The van der Waals surface area contributed by atoms with Crippen LogP contribution < -0.4 is 9.64 Å². The van der Waals surface area contributed by atoms with Crippen LogP contribution in [0.4, 0.5) is 5.69 Å². The van der Waals surface area contributed by atoms with Gasteiger partial charge >= 0.3 is 0 Å². The Morgan fingerprint density at radius 2 is 2.10 bits per heavy atom. The Labute approximate surface area is 177 Å². The Bertz CT molecular complexity index is 1070. The van der Waals surface area contributed by atoms with Gasteiger partial charge in [-0.3, -0.25) is 9.59 Å². The second kappa shape index (κ2) is 7.56. The van der Waals surface area contributed by atoms with E-state index >= 15 is 0 Å². The van der Waals surface area contributed by atoms with E-state index in [1.54, 1.807) is 28.2 Å². The van der Waals surface area contributed by atoms with Gasteiger partial charge in [0.15, 0.2) is 0 Å². The highest BCUT2D eigenvalue weighted by atomic mass is 32.1. The number of rotatable bonds is 5. The number of amides is 2. The summed E-state index contributed by atoms with van der Waals surface area (Å²) < 4.78 is 10.6. The van der Waals surface area contributed by atoms with Gasteiger partial charge in [-0.1, -0.05) is 17.3 Å². The lowest BCUT2D eigenvalue weighted by molar-refractivity contribution is -0.140. The zero-order chi connectivity index (χ0) is 20.7. The number of nitrogens with zero attached hydrogens (tertiary/aromatic N) is 4. The van der Waals surface area contributed by atoms with Crippen LogP contribution in [0.2, 0.25) is 0 Å². The largest absolute Gasteiger partial charge is 0.497 e. The second-order valence-electron chi connectivity index (χ2n) is 7.48. The predicted octanol–water partition coefficient (Wildman–Crippen LogP) is 2.79. The number of methoxy groups -OCH3 is 1. The quantitative estimate of drug-likeness (QED) is 0.626. The number of carbonyl (C=O) groups is 2. The van der Waals surface area contributed by atoms with E-state index < -0.39 is 0 Å². The zero-order valence-electron chi connectivity index (χ0n) is 16.4. The highest BCUT2D eigenvalue weighted by Gasteiger charge is 2.42. The van der Waals surface area contributed by atoms with Crippen molar-refractivity contribution < 1.29 is 18.8 Å². The molecule has 0 aliphatic carbocycles. The van der Waals surface area contributed by atoms with Crippen LogP contribution in [0.25, 0.3) is 10.7 Å². The van der Waals surface area contributed by atoms with Gasteiger partial charge in [0.2, 0.25) is 23.5 Å². The van der Waals surface area contributed by atoms with E-state index in [4.69, 9.17) is 9.26 Å². The number of anilines is 1. The van der Waals surface area contributed by atoms with E-state index in [0.29, 0.717) is 37.1 Å². The van der Waals surface area contributed by atoms with Crippen LogP contribution in [0, 0.1) is 5.92 Å². The lowest BCUT2D eigenvalue weighted by atomic mass is 9.96. The Morgan fingerprint density at radius 1 is 1.23 bits per heavy atom. The van der Waals surface area contributed by atoms with Crippen molar-refractivity contribution in [2.75, 3.05) is 31.6 Å². The minimum Gasteiger partial charge on any atom is -0.497 e. The number of hydrogen-bond acceptors (Lipinski definition) is 7. The summed E-state index contributed by atoms with van der Waals surface area (Å²) in [5.41, 5.74) is 0.753. The molecule has 0 bridgehead atoms. The van der Waals surface area contributed by atoms with Crippen LogP contribution in [-0.4, -0.2) is 53.6 Å². The van der Waals surface area contributed by atoms with Crippen molar-refractivity contribution in [1.29, 1.82) is 0 Å². The van der Waals surface area contributed by atoms with Crippen LogP contribution in [0.1, 0.15) is 18.2 Å². The molecule has 0 saturated carbocycles. The molecule has 154 valence electrons. The van der Waals surface area contributed by atoms with Crippen LogP contribution in [0.3, 0.4) is 0 Å². The summed E-state index contributed by atoms with van der Waals surface area (Å²) in [5, 5.41) is 6.00. The van der Waals surface area contributed by atoms with Crippen LogP contribution in [0.5, 0.6) is 5.75 Å². The average Bonchev–Trinajstić information content (AvgIpc) is 3.47. The molecule has 0 spiro atoms. The number of ether oxygens (including phenoxy) is 1. The van der Waals surface area contributed by atoms with E-state index in [2.05, 4.69) is 10.1 Å². The topological polar surface area (TPSA) is 88.8 Å².